The van der Waals surface area contributed by atoms with E-state index in [1.165, 1.54) is 6.07 Å². The van der Waals surface area contributed by atoms with Crippen molar-refractivity contribution in [3.8, 4) is 0 Å². The number of alkyl halides is 1. The molecular formula is C7H5ArBrF2. The Morgan fingerprint density at radius 1 is 1.27 bits per heavy atom. The molecule has 0 saturated carbocycles. The second kappa shape index (κ2) is 5.46. The van der Waals surface area contributed by atoms with E-state index in [-0.39, 0.29) is 43.6 Å². The van der Waals surface area contributed by atoms with Gasteiger partial charge in [-0.1, -0.05) is 15.9 Å². The molecule has 0 aliphatic rings. The van der Waals surface area contributed by atoms with E-state index >= 15 is 0 Å². The van der Waals surface area contributed by atoms with Crippen LogP contribution in [0.5, 0.6) is 0 Å². The molecule has 0 spiro atoms. The molecule has 0 radical (unpaired) electrons. The van der Waals surface area contributed by atoms with Gasteiger partial charge in [0.1, 0.15) is 11.6 Å². The third-order valence-corrected chi connectivity index (χ3v) is 1.76. The zero-order valence-electron chi connectivity index (χ0n) is 5.43. The number of rotatable bonds is 1. The van der Waals surface area contributed by atoms with Crippen LogP contribution in [0, 0.1) is 49.4 Å². The van der Waals surface area contributed by atoms with E-state index < -0.39 is 5.82 Å². The molecule has 0 nitrogen and oxygen atoms in total. The van der Waals surface area contributed by atoms with Crippen LogP contribution in [0.3, 0.4) is 0 Å². The summed E-state index contributed by atoms with van der Waals surface area (Å²) in [7, 11) is 0. The van der Waals surface area contributed by atoms with Gasteiger partial charge in [0.15, 0.2) is 0 Å². The smallest absolute Gasteiger partial charge is 0.127 e. The first kappa shape index (κ1) is 11.8. The minimum absolute atomic E-state index is 0. The third-order valence-electron chi connectivity index (χ3n) is 1.15. The number of halogens is 3. The Labute approximate surface area is 102 Å². The van der Waals surface area contributed by atoms with Gasteiger partial charge in [-0.05, 0) is 18.2 Å². The van der Waals surface area contributed by atoms with E-state index in [2.05, 4.69) is 15.9 Å². The van der Waals surface area contributed by atoms with Crippen molar-refractivity contribution in [2.45, 2.75) is 5.33 Å². The Kier molecular flexibility index (Phi) is 5.87. The summed E-state index contributed by atoms with van der Waals surface area (Å²) in [5.41, 5.74) is 0.347. The third kappa shape index (κ3) is 3.36. The van der Waals surface area contributed by atoms with E-state index in [1.54, 1.807) is 0 Å². The minimum Gasteiger partial charge on any atom is -0.207 e. The molecule has 0 atom stereocenters. The molecule has 4 heteroatoms. The zero-order valence-corrected chi connectivity index (χ0v) is 7.72. The fraction of sp³-hybridized carbons (Fsp3) is 0.143. The molecule has 0 heterocycles. The number of hydrogen-bond acceptors (Lipinski definition) is 0. The summed E-state index contributed by atoms with van der Waals surface area (Å²) in [6.45, 7) is 0. The molecule has 0 fully saturated rings. The van der Waals surface area contributed by atoms with Crippen LogP contribution in [-0.2, 0) is 5.33 Å². The summed E-state index contributed by atoms with van der Waals surface area (Å²) in [6, 6.07) is 3.39. The van der Waals surface area contributed by atoms with E-state index in [9.17, 15) is 8.78 Å². The van der Waals surface area contributed by atoms with Gasteiger partial charge in [0.25, 0.3) is 0 Å². The summed E-state index contributed by atoms with van der Waals surface area (Å²) >= 11 is 3.04. The Morgan fingerprint density at radius 2 is 1.91 bits per heavy atom. The van der Waals surface area contributed by atoms with E-state index in [4.69, 9.17) is 0 Å². The molecule has 0 N–H and O–H groups in total. The Balaban J connectivity index is 0.000001000. The van der Waals surface area contributed by atoms with Gasteiger partial charge >= 0.3 is 0 Å². The normalized spacial score (nSPS) is 9.00. The second-order valence-electron chi connectivity index (χ2n) is 1.87. The Bertz CT molecular complexity index is 240. The zero-order chi connectivity index (χ0) is 7.56. The van der Waals surface area contributed by atoms with Crippen molar-refractivity contribution in [1.29, 1.82) is 0 Å². The van der Waals surface area contributed by atoms with Crippen LogP contribution in [0.2, 0.25) is 0 Å². The van der Waals surface area contributed by atoms with Gasteiger partial charge in [-0.15, -0.1) is 0 Å². The second-order valence-corrected chi connectivity index (χ2v) is 2.43. The van der Waals surface area contributed by atoms with Crippen molar-refractivity contribution in [2.75, 3.05) is 0 Å². The number of benzene rings is 1. The molecule has 1 rings (SSSR count). The predicted octanol–water partition coefficient (Wildman–Crippen LogP) is 2.86. The fourth-order valence-electron chi connectivity index (χ4n) is 0.646. The molecule has 1 aromatic rings. The fourth-order valence-corrected chi connectivity index (χ4v) is 1.08. The van der Waals surface area contributed by atoms with E-state index in [0.717, 1.165) is 12.1 Å². The van der Waals surface area contributed by atoms with Gasteiger partial charge in [0, 0.05) is 48.6 Å². The average molecular weight is 247 g/mol. The van der Waals surface area contributed by atoms with Crippen molar-refractivity contribution >= 4 is 15.9 Å². The largest absolute Gasteiger partial charge is 0.207 e. The van der Waals surface area contributed by atoms with Crippen molar-refractivity contribution in [2.24, 2.45) is 0 Å². The predicted molar refractivity (Wildman–Crippen MR) is 39.0 cm³/mol. The summed E-state index contributed by atoms with van der Waals surface area (Å²) in [6.07, 6.45) is 0. The average Bonchev–Trinajstić information content (AvgIpc) is 1.94. The Morgan fingerprint density at radius 3 is 2.36 bits per heavy atom. The topological polar surface area (TPSA) is 0 Å². The SMILES string of the molecule is Fc1ccc(F)c(CBr)c1.[Ar]. The van der Waals surface area contributed by atoms with Crippen LogP contribution < -0.4 is 0 Å². The maximum atomic E-state index is 12.6. The molecule has 0 bridgehead atoms. The first-order valence-electron chi connectivity index (χ1n) is 2.74. The summed E-state index contributed by atoms with van der Waals surface area (Å²) < 4.78 is 24.9. The van der Waals surface area contributed by atoms with Crippen molar-refractivity contribution in [3.63, 3.8) is 0 Å². The summed E-state index contributed by atoms with van der Waals surface area (Å²) in [5, 5.41) is 0.344. The molecule has 0 aromatic heterocycles. The number of hydrogen-bond donors (Lipinski definition) is 0. The molecule has 0 aliphatic heterocycles. The van der Waals surface area contributed by atoms with Crippen LogP contribution in [0.1, 0.15) is 5.56 Å². The van der Waals surface area contributed by atoms with Gasteiger partial charge in [-0.3, -0.25) is 0 Å². The van der Waals surface area contributed by atoms with Crippen LogP contribution in [0.25, 0.3) is 0 Å². The molecule has 0 saturated heterocycles. The molecule has 62 valence electrons. The monoisotopic (exact) mass is 246 g/mol. The summed E-state index contributed by atoms with van der Waals surface area (Å²) in [5.74, 6) is -0.783. The van der Waals surface area contributed by atoms with Gasteiger partial charge in [0.2, 0.25) is 0 Å². The first-order chi connectivity index (χ1) is 4.74. The molecular weight excluding hydrogens is 242 g/mol. The van der Waals surface area contributed by atoms with Gasteiger partial charge in [0.05, 0.1) is 0 Å². The van der Waals surface area contributed by atoms with E-state index in [0.29, 0.717) is 10.9 Å². The summed E-state index contributed by atoms with van der Waals surface area (Å²) in [4.78, 5) is 0. The van der Waals surface area contributed by atoms with Crippen LogP contribution >= 0.6 is 15.9 Å². The molecule has 11 heavy (non-hydrogen) atoms. The molecule has 1 aromatic carbocycles. The van der Waals surface area contributed by atoms with E-state index in [1.807, 2.05) is 0 Å². The Hall–Kier alpha value is 0.820. The van der Waals surface area contributed by atoms with Gasteiger partial charge in [-0.25, -0.2) is 8.78 Å². The minimum atomic E-state index is -0.407. The van der Waals surface area contributed by atoms with Crippen LogP contribution in [0.4, 0.5) is 8.78 Å². The molecule has 0 aliphatic carbocycles. The standard InChI is InChI=1S/C7H5BrF2.Ar/c8-4-5-3-6(9)1-2-7(5)10;/h1-3H,4H2;. The molecule has 0 amide bonds. The maximum absolute atomic E-state index is 12.6. The van der Waals surface area contributed by atoms with Gasteiger partial charge < -0.3 is 0 Å². The van der Waals surface area contributed by atoms with Crippen LogP contribution in [0.15, 0.2) is 18.2 Å². The van der Waals surface area contributed by atoms with Gasteiger partial charge in [-0.2, -0.15) is 0 Å². The van der Waals surface area contributed by atoms with Crippen LogP contribution in [-0.4, -0.2) is 0 Å². The van der Waals surface area contributed by atoms with Crippen molar-refractivity contribution in [1.82, 2.24) is 0 Å². The quantitative estimate of drug-likeness (QED) is 0.669. The maximum Gasteiger partial charge on any atom is 0.127 e. The first-order valence-corrected chi connectivity index (χ1v) is 3.86. The van der Waals surface area contributed by atoms with Crippen molar-refractivity contribution < 1.29 is 46.5 Å². The molecule has 0 unspecified atom stereocenters. The van der Waals surface area contributed by atoms with Crippen molar-refractivity contribution in [3.05, 3.63) is 35.4 Å².